The van der Waals surface area contributed by atoms with Crippen molar-refractivity contribution in [1.29, 1.82) is 0 Å². The molecule has 17 nitrogen and oxygen atoms in total. The van der Waals surface area contributed by atoms with E-state index in [1.807, 2.05) is 37.8 Å². The van der Waals surface area contributed by atoms with Gasteiger partial charge in [0.15, 0.2) is 5.82 Å². The molecule has 17 heteroatoms. The number of aryl methyl sites for hydroxylation is 1. The van der Waals surface area contributed by atoms with E-state index in [1.165, 1.54) is 11.0 Å². The summed E-state index contributed by atoms with van der Waals surface area (Å²) >= 11 is 0. The molecule has 346 valence electrons. The Kier molecular flexibility index (Phi) is 17.3. The minimum Gasteiger partial charge on any atom is -0.467 e. The number of amides is 4. The van der Waals surface area contributed by atoms with E-state index in [9.17, 15) is 24.0 Å². The van der Waals surface area contributed by atoms with E-state index in [4.69, 9.17) is 19.4 Å². The van der Waals surface area contributed by atoms with E-state index in [0.29, 0.717) is 50.6 Å². The fourth-order valence-corrected chi connectivity index (χ4v) is 8.54. The first-order valence-corrected chi connectivity index (χ1v) is 22.2. The Bertz CT molecular complexity index is 2240. The van der Waals surface area contributed by atoms with Crippen molar-refractivity contribution in [2.24, 2.45) is 11.3 Å². The van der Waals surface area contributed by atoms with Gasteiger partial charge in [-0.15, -0.1) is 0 Å². The molecule has 64 heavy (non-hydrogen) atoms. The average Bonchev–Trinajstić information content (AvgIpc) is 4.08. The molecule has 0 bridgehead atoms. The van der Waals surface area contributed by atoms with Gasteiger partial charge in [0.1, 0.15) is 17.9 Å². The molecule has 2 aliphatic rings. The first-order chi connectivity index (χ1) is 30.7. The lowest BCUT2D eigenvalue weighted by Crippen LogP contribution is -2.59. The van der Waals surface area contributed by atoms with Gasteiger partial charge in [0.2, 0.25) is 18.2 Å². The molecular formula is C47H66N10O7. The number of rotatable bonds is 19. The van der Waals surface area contributed by atoms with E-state index in [2.05, 4.69) is 71.1 Å². The van der Waals surface area contributed by atoms with Gasteiger partial charge in [-0.1, -0.05) is 34.3 Å². The Morgan fingerprint density at radius 1 is 1.06 bits per heavy atom. The van der Waals surface area contributed by atoms with Gasteiger partial charge in [-0.05, 0) is 93.8 Å². The van der Waals surface area contributed by atoms with Crippen molar-refractivity contribution in [3.63, 3.8) is 0 Å². The maximum absolute atomic E-state index is 13.8. The number of methoxy groups -OCH3 is 1. The van der Waals surface area contributed by atoms with Gasteiger partial charge in [-0.25, -0.2) is 10.4 Å². The van der Waals surface area contributed by atoms with Gasteiger partial charge in [0.25, 0.3) is 12.4 Å². The van der Waals surface area contributed by atoms with Gasteiger partial charge >= 0.3 is 0 Å². The van der Waals surface area contributed by atoms with Crippen LogP contribution in [0.15, 0.2) is 49.2 Å². The summed E-state index contributed by atoms with van der Waals surface area (Å²) in [6, 6.07) is 8.38. The summed E-state index contributed by atoms with van der Waals surface area (Å²) in [5.74, 6) is 0.0279. The van der Waals surface area contributed by atoms with E-state index in [-0.39, 0.29) is 36.9 Å². The molecule has 3 atom stereocenters. The lowest BCUT2D eigenvalue weighted by molar-refractivity contribution is -0.142. The second-order valence-corrected chi connectivity index (χ2v) is 17.5. The fraction of sp³-hybridized carbons (Fsp3) is 0.532. The van der Waals surface area contributed by atoms with Crippen molar-refractivity contribution >= 4 is 41.5 Å². The van der Waals surface area contributed by atoms with E-state index < -0.39 is 23.4 Å². The maximum atomic E-state index is 13.8. The third kappa shape index (κ3) is 11.8. The van der Waals surface area contributed by atoms with Crippen LogP contribution in [0.5, 0.6) is 0 Å². The Hall–Kier alpha value is -5.94. The molecule has 2 fully saturated rings. The molecule has 4 aromatic rings. The predicted molar refractivity (Wildman–Crippen MR) is 244 cm³/mol. The number of fused-ring (bicyclic) bond motifs is 1. The number of pyridine rings is 1. The number of aromatic nitrogens is 5. The normalized spacial score (nSPS) is 15.5. The van der Waals surface area contributed by atoms with Crippen LogP contribution in [0.1, 0.15) is 90.4 Å². The SMILES string of the molecule is C=CC(=O)N1CCCC1.CCn1c(-c2cccnc2C(C)OC)c(CC(C)(C)COC=O)c2cc(-c3n[nH]c(CC(NC(=O)C(C(C)C)N(C)C=O)C(=O)N4CCCCN4)n3)ccc21. The zero-order valence-corrected chi connectivity index (χ0v) is 38.7. The smallest absolute Gasteiger partial charge is 0.293 e. The highest BCUT2D eigenvalue weighted by molar-refractivity contribution is 5.95. The quantitative estimate of drug-likeness (QED) is 0.0845. The molecule has 2 saturated heterocycles. The number of hydrazine groups is 1. The molecule has 3 N–H and O–H groups in total. The molecule has 6 rings (SSSR count). The van der Waals surface area contributed by atoms with Crippen LogP contribution in [-0.2, 0) is 52.8 Å². The van der Waals surface area contributed by atoms with E-state index in [1.54, 1.807) is 25.4 Å². The van der Waals surface area contributed by atoms with Gasteiger partial charge in [-0.2, -0.15) is 5.10 Å². The maximum Gasteiger partial charge on any atom is 0.293 e. The van der Waals surface area contributed by atoms with Crippen molar-refractivity contribution in [3.8, 4) is 22.6 Å². The molecule has 3 aromatic heterocycles. The largest absolute Gasteiger partial charge is 0.467 e. The molecule has 4 amide bonds. The van der Waals surface area contributed by atoms with Crippen molar-refractivity contribution in [2.75, 3.05) is 46.9 Å². The molecule has 0 radical (unpaired) electrons. The number of benzene rings is 1. The second kappa shape index (κ2) is 22.6. The highest BCUT2D eigenvalue weighted by Gasteiger charge is 2.34. The van der Waals surface area contributed by atoms with Gasteiger partial charge in [0, 0.05) is 86.9 Å². The molecule has 5 heterocycles. The molecule has 2 aliphatic heterocycles. The Morgan fingerprint density at radius 2 is 1.80 bits per heavy atom. The highest BCUT2D eigenvalue weighted by atomic mass is 16.5. The number of likely N-dealkylation sites (N-methyl/N-ethyl adjacent to an activating group) is 1. The van der Waals surface area contributed by atoms with Crippen LogP contribution in [-0.4, -0.2) is 129 Å². The summed E-state index contributed by atoms with van der Waals surface area (Å²) in [5.41, 5.74) is 8.36. The Morgan fingerprint density at radius 3 is 2.42 bits per heavy atom. The number of hydrogen-bond acceptors (Lipinski definition) is 11. The topological polar surface area (TPSA) is 197 Å². The van der Waals surface area contributed by atoms with Gasteiger partial charge < -0.3 is 29.2 Å². The molecule has 0 spiro atoms. The molecular weight excluding hydrogens is 817 g/mol. The number of hydrogen-bond donors (Lipinski definition) is 3. The second-order valence-electron chi connectivity index (χ2n) is 17.5. The number of ether oxygens (including phenoxy) is 2. The van der Waals surface area contributed by atoms with Crippen LogP contribution in [0.3, 0.4) is 0 Å². The minimum atomic E-state index is -0.964. The first kappa shape index (κ1) is 49.1. The molecule has 3 unspecified atom stereocenters. The molecule has 1 aromatic carbocycles. The molecule has 0 aliphatic carbocycles. The summed E-state index contributed by atoms with van der Waals surface area (Å²) in [6.07, 6.45) is 8.25. The fourth-order valence-electron chi connectivity index (χ4n) is 8.54. The average molecular weight is 883 g/mol. The van der Waals surface area contributed by atoms with Crippen LogP contribution in [0.4, 0.5) is 0 Å². The summed E-state index contributed by atoms with van der Waals surface area (Å²) in [7, 11) is 3.22. The zero-order valence-electron chi connectivity index (χ0n) is 38.7. The number of aromatic amines is 1. The van der Waals surface area contributed by atoms with Crippen molar-refractivity contribution < 1.29 is 33.4 Å². The lowest BCUT2D eigenvalue weighted by Gasteiger charge is -2.33. The molecule has 0 saturated carbocycles. The number of nitrogens with zero attached hydrogens (tertiary/aromatic N) is 7. The van der Waals surface area contributed by atoms with Crippen molar-refractivity contribution in [2.45, 2.75) is 105 Å². The summed E-state index contributed by atoms with van der Waals surface area (Å²) in [4.78, 5) is 73.8. The summed E-state index contributed by atoms with van der Waals surface area (Å²) < 4.78 is 13.3. The predicted octanol–water partition coefficient (Wildman–Crippen LogP) is 5.02. The third-order valence-corrected chi connectivity index (χ3v) is 11.8. The minimum absolute atomic E-state index is 0.0572. The van der Waals surface area contributed by atoms with Gasteiger partial charge in [0.05, 0.1) is 24.1 Å². The standard InChI is InChI=1S/C40H55N9O6.C7H11NO/c1-9-48-32-15-14-27(19-29(32)30(21-40(5,6)22-55-24-51)36(48)28-13-12-16-41-34(28)26(4)54-8)37-44-33(45-46-37)20-31(39(53)49-18-11-10-17-42-49)43-38(52)35(25(2)3)47(7)23-50;1-2-7(9)8-5-3-4-6-8/h12-16,19,23-26,31,35,42H,9-11,17-18,20-22H2,1-8H3,(H,43,52)(H,44,45,46);2H,1,3-6H2. The van der Waals surface area contributed by atoms with Crippen LogP contribution >= 0.6 is 0 Å². The number of H-pyrrole nitrogens is 1. The van der Waals surface area contributed by atoms with E-state index >= 15 is 0 Å². The lowest BCUT2D eigenvalue weighted by atomic mass is 9.84. The Balaban J connectivity index is 0.000000762. The van der Waals surface area contributed by atoms with Crippen LogP contribution in [0.25, 0.3) is 33.5 Å². The van der Waals surface area contributed by atoms with Crippen molar-refractivity contribution in [1.82, 2.24) is 50.3 Å². The third-order valence-electron chi connectivity index (χ3n) is 11.8. The number of carbonyl (C=O) groups is 5. The number of likely N-dealkylation sites (tertiary alicyclic amines) is 1. The van der Waals surface area contributed by atoms with Crippen LogP contribution in [0.2, 0.25) is 0 Å². The monoisotopic (exact) mass is 883 g/mol. The van der Waals surface area contributed by atoms with Gasteiger partial charge in [-0.3, -0.25) is 39.1 Å². The van der Waals surface area contributed by atoms with Crippen molar-refractivity contribution in [3.05, 3.63) is 66.3 Å². The van der Waals surface area contributed by atoms with Crippen LogP contribution < -0.4 is 10.7 Å². The highest BCUT2D eigenvalue weighted by Crippen LogP contribution is 2.41. The number of nitrogens with one attached hydrogen (secondary N) is 3. The van der Waals surface area contributed by atoms with E-state index in [0.717, 1.165) is 77.8 Å². The summed E-state index contributed by atoms with van der Waals surface area (Å²) in [5, 5.41) is 13.0. The Labute approximate surface area is 376 Å². The van der Waals surface area contributed by atoms with Crippen LogP contribution in [0, 0.1) is 11.3 Å². The number of carbonyl (C=O) groups excluding carboxylic acids is 5. The zero-order chi connectivity index (χ0) is 46.6. The summed E-state index contributed by atoms with van der Waals surface area (Å²) in [6.45, 7) is 19.8. The first-order valence-electron chi connectivity index (χ1n) is 22.2.